The molecule has 0 saturated heterocycles. The van der Waals surface area contributed by atoms with Crippen LogP contribution in [0.3, 0.4) is 0 Å². The summed E-state index contributed by atoms with van der Waals surface area (Å²) in [7, 11) is -3.26. The lowest BCUT2D eigenvalue weighted by molar-refractivity contribution is 0.527. The van der Waals surface area contributed by atoms with Gasteiger partial charge in [0, 0.05) is 12.2 Å². The lowest BCUT2D eigenvalue weighted by atomic mass is 10.1. The quantitative estimate of drug-likeness (QED) is 0.778. The van der Waals surface area contributed by atoms with Crippen molar-refractivity contribution in [1.29, 1.82) is 0 Å². The van der Waals surface area contributed by atoms with Gasteiger partial charge in [0.15, 0.2) is 0 Å². The van der Waals surface area contributed by atoms with Crippen LogP contribution < -0.4 is 10.5 Å². The predicted molar refractivity (Wildman–Crippen MR) is 75.5 cm³/mol. The van der Waals surface area contributed by atoms with E-state index in [1.807, 2.05) is 26.0 Å². The minimum absolute atomic E-state index is 0.288. The first-order valence-corrected chi connectivity index (χ1v) is 7.69. The molecule has 4 nitrogen and oxygen atoms in total. The van der Waals surface area contributed by atoms with Gasteiger partial charge in [-0.3, -0.25) is 0 Å². The van der Waals surface area contributed by atoms with E-state index in [0.29, 0.717) is 18.0 Å². The number of rotatable bonds is 6. The van der Waals surface area contributed by atoms with Crippen molar-refractivity contribution in [3.63, 3.8) is 0 Å². The second-order valence-electron chi connectivity index (χ2n) is 5.05. The number of sulfonamides is 1. The highest BCUT2D eigenvalue weighted by Crippen LogP contribution is 2.12. The van der Waals surface area contributed by atoms with Gasteiger partial charge in [-0.1, -0.05) is 26.0 Å². The largest absolute Gasteiger partial charge is 0.399 e. The molecule has 1 rings (SSSR count). The van der Waals surface area contributed by atoms with Gasteiger partial charge in [0.1, 0.15) is 0 Å². The van der Waals surface area contributed by atoms with E-state index in [1.54, 1.807) is 19.1 Å². The van der Waals surface area contributed by atoms with Crippen molar-refractivity contribution < 1.29 is 8.42 Å². The lowest BCUT2D eigenvalue weighted by Crippen LogP contribution is -2.33. The number of nitrogen functional groups attached to an aromatic ring is 1. The Morgan fingerprint density at radius 3 is 2.50 bits per heavy atom. The number of benzene rings is 1. The van der Waals surface area contributed by atoms with E-state index < -0.39 is 10.0 Å². The zero-order chi connectivity index (χ0) is 13.8. The minimum atomic E-state index is -3.26. The Hall–Kier alpha value is -1.07. The number of nitrogens with two attached hydrogens (primary N) is 1. The molecule has 0 unspecified atom stereocenters. The molecule has 0 aromatic heterocycles. The number of hydrogen-bond donors (Lipinski definition) is 2. The summed E-state index contributed by atoms with van der Waals surface area (Å²) in [6.45, 7) is 6.06. The molecule has 5 heteroatoms. The van der Waals surface area contributed by atoms with Crippen molar-refractivity contribution in [3.05, 3.63) is 29.8 Å². The Morgan fingerprint density at radius 1 is 1.28 bits per heavy atom. The van der Waals surface area contributed by atoms with Gasteiger partial charge in [-0.25, -0.2) is 13.1 Å². The highest BCUT2D eigenvalue weighted by atomic mass is 32.2. The molecular formula is C13H22N2O2S. The van der Waals surface area contributed by atoms with Crippen LogP contribution in [-0.2, 0) is 16.6 Å². The van der Waals surface area contributed by atoms with Gasteiger partial charge in [0.05, 0.1) is 5.25 Å². The van der Waals surface area contributed by atoms with Crippen molar-refractivity contribution in [2.45, 2.75) is 39.0 Å². The topological polar surface area (TPSA) is 72.2 Å². The first-order valence-electron chi connectivity index (χ1n) is 6.14. The lowest BCUT2D eigenvalue weighted by Gasteiger charge is -2.15. The van der Waals surface area contributed by atoms with E-state index in [-0.39, 0.29) is 11.8 Å². The van der Waals surface area contributed by atoms with Gasteiger partial charge in [0.25, 0.3) is 0 Å². The van der Waals surface area contributed by atoms with Crippen molar-refractivity contribution in [1.82, 2.24) is 4.72 Å². The van der Waals surface area contributed by atoms with Crippen LogP contribution >= 0.6 is 0 Å². The summed E-state index contributed by atoms with van der Waals surface area (Å²) in [6, 6.07) is 7.22. The molecule has 0 spiro atoms. The fraction of sp³-hybridized carbons (Fsp3) is 0.538. The molecule has 1 aromatic rings. The average molecular weight is 270 g/mol. The molecule has 0 aliphatic rings. The van der Waals surface area contributed by atoms with Crippen LogP contribution in [0.1, 0.15) is 32.8 Å². The van der Waals surface area contributed by atoms with Gasteiger partial charge in [-0.05, 0) is 37.0 Å². The monoisotopic (exact) mass is 270 g/mol. The Bertz CT molecular complexity index is 484. The van der Waals surface area contributed by atoms with Gasteiger partial charge in [-0.2, -0.15) is 0 Å². The highest BCUT2D eigenvalue weighted by molar-refractivity contribution is 7.90. The Kier molecular flexibility index (Phi) is 5.16. The molecule has 0 radical (unpaired) electrons. The van der Waals surface area contributed by atoms with Crippen LogP contribution in [0.4, 0.5) is 5.69 Å². The zero-order valence-corrected chi connectivity index (χ0v) is 12.0. The van der Waals surface area contributed by atoms with Gasteiger partial charge < -0.3 is 5.73 Å². The normalized spacial score (nSPS) is 13.8. The first-order chi connectivity index (χ1) is 8.31. The smallest absolute Gasteiger partial charge is 0.214 e. The molecule has 0 bridgehead atoms. The number of nitrogens with one attached hydrogen (secondary N) is 1. The molecule has 1 aromatic carbocycles. The fourth-order valence-corrected chi connectivity index (χ4v) is 3.11. The van der Waals surface area contributed by atoms with Crippen molar-refractivity contribution in [3.8, 4) is 0 Å². The van der Waals surface area contributed by atoms with Crippen molar-refractivity contribution in [2.24, 2.45) is 5.92 Å². The van der Waals surface area contributed by atoms with Gasteiger partial charge in [-0.15, -0.1) is 0 Å². The maximum Gasteiger partial charge on any atom is 0.214 e. The highest BCUT2D eigenvalue weighted by Gasteiger charge is 2.20. The molecule has 1 atom stereocenters. The molecule has 0 fully saturated rings. The second-order valence-corrected chi connectivity index (χ2v) is 7.23. The van der Waals surface area contributed by atoms with E-state index in [2.05, 4.69) is 4.72 Å². The minimum Gasteiger partial charge on any atom is -0.399 e. The second kappa shape index (κ2) is 6.20. The molecule has 0 aliphatic carbocycles. The molecule has 102 valence electrons. The van der Waals surface area contributed by atoms with Crippen molar-refractivity contribution >= 4 is 15.7 Å². The molecule has 0 saturated carbocycles. The van der Waals surface area contributed by atoms with E-state index in [1.165, 1.54) is 0 Å². The fourth-order valence-electron chi connectivity index (χ4n) is 1.82. The summed E-state index contributed by atoms with van der Waals surface area (Å²) in [4.78, 5) is 0. The summed E-state index contributed by atoms with van der Waals surface area (Å²) in [5.41, 5.74) is 7.16. The Balaban J connectivity index is 2.62. The van der Waals surface area contributed by atoms with Gasteiger partial charge in [0.2, 0.25) is 10.0 Å². The molecule has 18 heavy (non-hydrogen) atoms. The third-order valence-corrected chi connectivity index (χ3v) is 4.56. The van der Waals surface area contributed by atoms with Crippen LogP contribution in [0.25, 0.3) is 0 Å². The maximum absolute atomic E-state index is 12.0. The summed E-state index contributed by atoms with van der Waals surface area (Å²) in [6.07, 6.45) is 0.659. The van der Waals surface area contributed by atoms with Crippen LogP contribution in [0.2, 0.25) is 0 Å². The first kappa shape index (κ1) is 15.0. The van der Waals surface area contributed by atoms with Crippen LogP contribution in [0.15, 0.2) is 24.3 Å². The number of hydrogen-bond acceptors (Lipinski definition) is 3. The van der Waals surface area contributed by atoms with Crippen LogP contribution in [-0.4, -0.2) is 13.7 Å². The van der Waals surface area contributed by atoms with E-state index in [9.17, 15) is 8.42 Å². The van der Waals surface area contributed by atoms with E-state index >= 15 is 0 Å². The zero-order valence-electron chi connectivity index (χ0n) is 11.2. The Morgan fingerprint density at radius 2 is 1.94 bits per heavy atom. The third-order valence-electron chi connectivity index (χ3n) is 2.76. The molecular weight excluding hydrogens is 248 g/mol. The maximum atomic E-state index is 12.0. The molecule has 0 aliphatic heterocycles. The predicted octanol–water partition coefficient (Wildman–Crippen LogP) is 2.12. The van der Waals surface area contributed by atoms with Crippen molar-refractivity contribution in [2.75, 3.05) is 5.73 Å². The van der Waals surface area contributed by atoms with Gasteiger partial charge >= 0.3 is 0 Å². The summed E-state index contributed by atoms with van der Waals surface area (Å²) >= 11 is 0. The molecule has 0 heterocycles. The van der Waals surface area contributed by atoms with E-state index in [4.69, 9.17) is 5.73 Å². The third kappa shape index (κ3) is 4.66. The summed E-state index contributed by atoms with van der Waals surface area (Å²) < 4.78 is 26.6. The average Bonchev–Trinajstić information content (AvgIpc) is 2.26. The number of anilines is 1. The standard InChI is InChI=1S/C13H22N2O2S/c1-10(2)7-11(3)18(16,17)15-9-12-5-4-6-13(14)8-12/h4-6,8,10-11,15H,7,9,14H2,1-3H3/t11-/m0/s1. The summed E-state index contributed by atoms with van der Waals surface area (Å²) in [5, 5.41) is -0.376. The van der Waals surface area contributed by atoms with E-state index in [0.717, 1.165) is 5.56 Å². The van der Waals surface area contributed by atoms with Crippen LogP contribution in [0, 0.1) is 5.92 Å². The molecule has 0 amide bonds. The van der Waals surface area contributed by atoms with Crippen LogP contribution in [0.5, 0.6) is 0 Å². The molecule has 3 N–H and O–H groups in total. The SMILES string of the molecule is CC(C)C[C@H](C)S(=O)(=O)NCc1cccc(N)c1. The summed E-state index contributed by atoms with van der Waals surface area (Å²) in [5.74, 6) is 0.365. The Labute approximate surface area is 110 Å².